The standard InChI is InChI=1S/C25H28N2O5S/c1-4-5-14-32-24-16-22(26)21(15-23(24)31-3)25(28)27-18-8-12-20(13-9-18)33(29,30)19-10-6-17(2)7-11-19/h6-13,15-16H,4-5,14,26H2,1-3H3,(H,27,28). The number of carbonyl (C=O) groups excluding carboxylic acids is 1. The van der Waals surface area contributed by atoms with Crippen LogP contribution in [0.4, 0.5) is 11.4 Å². The second-order valence-corrected chi connectivity index (χ2v) is 9.54. The third-order valence-electron chi connectivity index (χ3n) is 5.09. The van der Waals surface area contributed by atoms with Crippen LogP contribution in [0, 0.1) is 6.92 Å². The molecular weight excluding hydrogens is 440 g/mol. The Kier molecular flexibility index (Phi) is 7.60. The molecule has 7 nitrogen and oxygen atoms in total. The Morgan fingerprint density at radius 1 is 0.970 bits per heavy atom. The number of methoxy groups -OCH3 is 1. The lowest BCUT2D eigenvalue weighted by atomic mass is 10.1. The molecule has 0 atom stereocenters. The molecule has 3 aromatic rings. The second-order valence-electron chi connectivity index (χ2n) is 7.59. The van der Waals surface area contributed by atoms with Crippen molar-refractivity contribution in [3.63, 3.8) is 0 Å². The summed E-state index contributed by atoms with van der Waals surface area (Å²) in [6.07, 6.45) is 1.88. The number of nitrogens with two attached hydrogens (primary N) is 1. The van der Waals surface area contributed by atoms with Crippen molar-refractivity contribution in [3.05, 3.63) is 71.8 Å². The minimum Gasteiger partial charge on any atom is -0.493 e. The van der Waals surface area contributed by atoms with E-state index in [2.05, 4.69) is 12.2 Å². The number of hydrogen-bond acceptors (Lipinski definition) is 6. The van der Waals surface area contributed by atoms with E-state index in [1.165, 1.54) is 37.4 Å². The van der Waals surface area contributed by atoms with Crippen molar-refractivity contribution in [3.8, 4) is 11.5 Å². The number of nitrogens with one attached hydrogen (secondary N) is 1. The first-order valence-corrected chi connectivity index (χ1v) is 12.1. The number of benzene rings is 3. The number of hydrogen-bond donors (Lipinski definition) is 2. The normalized spacial score (nSPS) is 11.1. The van der Waals surface area contributed by atoms with E-state index >= 15 is 0 Å². The quantitative estimate of drug-likeness (QED) is 0.343. The van der Waals surface area contributed by atoms with Crippen molar-refractivity contribution >= 4 is 27.1 Å². The maximum absolute atomic E-state index is 12.8. The van der Waals surface area contributed by atoms with Gasteiger partial charge in [0.15, 0.2) is 11.5 Å². The summed E-state index contributed by atoms with van der Waals surface area (Å²) in [6, 6.07) is 15.7. The zero-order chi connectivity index (χ0) is 24.0. The van der Waals surface area contributed by atoms with E-state index in [-0.39, 0.29) is 21.0 Å². The predicted octanol–water partition coefficient (Wildman–Crippen LogP) is 4.85. The van der Waals surface area contributed by atoms with Crippen molar-refractivity contribution in [1.29, 1.82) is 0 Å². The van der Waals surface area contributed by atoms with Gasteiger partial charge in [-0.25, -0.2) is 8.42 Å². The fraction of sp³-hybridized carbons (Fsp3) is 0.240. The zero-order valence-corrected chi connectivity index (χ0v) is 19.7. The van der Waals surface area contributed by atoms with Gasteiger partial charge in [-0.15, -0.1) is 0 Å². The van der Waals surface area contributed by atoms with Crippen LogP contribution in [0.1, 0.15) is 35.7 Å². The Hall–Kier alpha value is -3.52. The van der Waals surface area contributed by atoms with Crippen LogP contribution >= 0.6 is 0 Å². The average molecular weight is 469 g/mol. The molecule has 3 aromatic carbocycles. The number of unbranched alkanes of at least 4 members (excludes halogenated alkanes) is 1. The van der Waals surface area contributed by atoms with Gasteiger partial charge in [0, 0.05) is 17.4 Å². The molecule has 174 valence electrons. The van der Waals surface area contributed by atoms with Gasteiger partial charge < -0.3 is 20.5 Å². The number of ether oxygens (including phenoxy) is 2. The SMILES string of the molecule is CCCCOc1cc(N)c(C(=O)Nc2ccc(S(=O)(=O)c3ccc(C)cc3)cc2)cc1OC. The minimum absolute atomic E-state index is 0.138. The molecule has 0 heterocycles. The third kappa shape index (κ3) is 5.64. The van der Waals surface area contributed by atoms with Crippen molar-refractivity contribution < 1.29 is 22.7 Å². The molecule has 0 spiro atoms. The van der Waals surface area contributed by atoms with Crippen LogP contribution < -0.4 is 20.5 Å². The lowest BCUT2D eigenvalue weighted by molar-refractivity contribution is 0.102. The summed E-state index contributed by atoms with van der Waals surface area (Å²) < 4.78 is 36.7. The lowest BCUT2D eigenvalue weighted by Gasteiger charge is -2.14. The first kappa shape index (κ1) is 24.1. The van der Waals surface area contributed by atoms with Gasteiger partial charge in [0.25, 0.3) is 5.91 Å². The smallest absolute Gasteiger partial charge is 0.257 e. The molecule has 0 saturated heterocycles. The summed E-state index contributed by atoms with van der Waals surface area (Å²) in [5.41, 5.74) is 7.97. The average Bonchev–Trinajstić information content (AvgIpc) is 2.80. The number of nitrogen functional groups attached to an aromatic ring is 1. The van der Waals surface area contributed by atoms with Gasteiger partial charge in [-0.1, -0.05) is 31.0 Å². The molecule has 0 unspecified atom stereocenters. The van der Waals surface area contributed by atoms with Gasteiger partial charge in [0.05, 0.1) is 29.1 Å². The van der Waals surface area contributed by atoms with Gasteiger partial charge in [-0.3, -0.25) is 4.79 Å². The molecule has 8 heteroatoms. The van der Waals surface area contributed by atoms with Crippen LogP contribution in [0.25, 0.3) is 0 Å². The highest BCUT2D eigenvalue weighted by Crippen LogP contribution is 2.33. The monoisotopic (exact) mass is 468 g/mol. The fourth-order valence-electron chi connectivity index (χ4n) is 3.14. The summed E-state index contributed by atoms with van der Waals surface area (Å²) >= 11 is 0. The molecule has 3 N–H and O–H groups in total. The zero-order valence-electron chi connectivity index (χ0n) is 18.9. The molecule has 33 heavy (non-hydrogen) atoms. The fourth-order valence-corrected chi connectivity index (χ4v) is 4.40. The maximum atomic E-state index is 12.8. The van der Waals surface area contributed by atoms with Gasteiger partial charge in [0.1, 0.15) is 0 Å². The molecule has 3 rings (SSSR count). The Labute approximate surface area is 194 Å². The number of rotatable bonds is 9. The van der Waals surface area contributed by atoms with Crippen molar-refractivity contribution in [2.24, 2.45) is 0 Å². The Balaban J connectivity index is 1.77. The summed E-state index contributed by atoms with van der Waals surface area (Å²) in [5.74, 6) is 0.440. The van der Waals surface area contributed by atoms with Gasteiger partial charge in [-0.2, -0.15) is 0 Å². The topological polar surface area (TPSA) is 108 Å². The van der Waals surface area contributed by atoms with Crippen LogP contribution in [-0.4, -0.2) is 28.0 Å². The second kappa shape index (κ2) is 10.4. The first-order chi connectivity index (χ1) is 15.8. The summed E-state index contributed by atoms with van der Waals surface area (Å²) in [4.78, 5) is 13.2. The highest BCUT2D eigenvalue weighted by atomic mass is 32.2. The van der Waals surface area contributed by atoms with E-state index in [1.54, 1.807) is 30.3 Å². The molecule has 0 aromatic heterocycles. The van der Waals surface area contributed by atoms with Crippen molar-refractivity contribution in [1.82, 2.24) is 0 Å². The summed E-state index contributed by atoms with van der Waals surface area (Å²) in [7, 11) is -2.15. The third-order valence-corrected chi connectivity index (χ3v) is 6.88. The first-order valence-electron chi connectivity index (χ1n) is 10.6. The van der Waals surface area contributed by atoms with Crippen LogP contribution in [0.5, 0.6) is 11.5 Å². The van der Waals surface area contributed by atoms with Crippen molar-refractivity contribution in [2.45, 2.75) is 36.5 Å². The molecule has 0 aliphatic heterocycles. The number of sulfone groups is 1. The van der Waals surface area contributed by atoms with E-state index in [0.717, 1.165) is 18.4 Å². The summed E-state index contributed by atoms with van der Waals surface area (Å²) in [6.45, 7) is 4.48. The minimum atomic E-state index is -3.65. The van der Waals surface area contributed by atoms with E-state index in [1.807, 2.05) is 6.92 Å². The van der Waals surface area contributed by atoms with E-state index in [4.69, 9.17) is 15.2 Å². The Morgan fingerprint density at radius 3 is 2.15 bits per heavy atom. The molecule has 1 amide bonds. The predicted molar refractivity (Wildman–Crippen MR) is 129 cm³/mol. The molecular formula is C25H28N2O5S. The van der Waals surface area contributed by atoms with E-state index in [9.17, 15) is 13.2 Å². The van der Waals surface area contributed by atoms with Crippen LogP contribution in [0.3, 0.4) is 0 Å². The van der Waals surface area contributed by atoms with Crippen LogP contribution in [0.15, 0.2) is 70.5 Å². The Morgan fingerprint density at radius 2 is 1.58 bits per heavy atom. The van der Waals surface area contributed by atoms with Crippen molar-refractivity contribution in [2.75, 3.05) is 24.8 Å². The maximum Gasteiger partial charge on any atom is 0.257 e. The molecule has 0 saturated carbocycles. The molecule has 0 bridgehead atoms. The summed E-state index contributed by atoms with van der Waals surface area (Å²) in [5, 5.41) is 2.74. The Bertz CT molecular complexity index is 1220. The van der Waals surface area contributed by atoms with E-state index in [0.29, 0.717) is 23.8 Å². The van der Waals surface area contributed by atoms with E-state index < -0.39 is 15.7 Å². The lowest BCUT2D eigenvalue weighted by Crippen LogP contribution is -2.15. The van der Waals surface area contributed by atoms with Gasteiger partial charge in [0.2, 0.25) is 9.84 Å². The van der Waals surface area contributed by atoms with Gasteiger partial charge >= 0.3 is 0 Å². The molecule has 0 aliphatic carbocycles. The number of carbonyl (C=O) groups is 1. The highest BCUT2D eigenvalue weighted by molar-refractivity contribution is 7.91. The number of aryl methyl sites for hydroxylation is 1. The molecule has 0 aliphatic rings. The molecule has 0 radical (unpaired) electrons. The number of amides is 1. The van der Waals surface area contributed by atoms with Gasteiger partial charge in [-0.05, 0) is 55.8 Å². The van der Waals surface area contributed by atoms with Crippen LogP contribution in [-0.2, 0) is 9.84 Å². The van der Waals surface area contributed by atoms with Crippen LogP contribution in [0.2, 0.25) is 0 Å². The molecule has 0 fully saturated rings. The highest BCUT2D eigenvalue weighted by Gasteiger charge is 2.19. The largest absolute Gasteiger partial charge is 0.493 e. The number of anilines is 2.